The van der Waals surface area contributed by atoms with E-state index in [1.54, 1.807) is 0 Å². The highest BCUT2D eigenvalue weighted by atomic mass is 32.2. The number of aromatic nitrogens is 2. The van der Waals surface area contributed by atoms with Crippen molar-refractivity contribution in [3.8, 4) is 0 Å². The van der Waals surface area contributed by atoms with Gasteiger partial charge in [-0.05, 0) is 26.0 Å². The Morgan fingerprint density at radius 1 is 1.47 bits per heavy atom. The number of anilines is 2. The van der Waals surface area contributed by atoms with Crippen LogP contribution in [0.1, 0.15) is 26.2 Å². The number of hydrogen-bond donors (Lipinski definition) is 3. The van der Waals surface area contributed by atoms with Crippen molar-refractivity contribution in [3.05, 3.63) is 20.8 Å². The van der Waals surface area contributed by atoms with Crippen LogP contribution in [0.25, 0.3) is 0 Å². The molecule has 0 aromatic carbocycles. The van der Waals surface area contributed by atoms with Crippen LogP contribution in [0, 0.1) is 0 Å². The van der Waals surface area contributed by atoms with Crippen LogP contribution in [0.3, 0.4) is 0 Å². The van der Waals surface area contributed by atoms with E-state index in [0.29, 0.717) is 18.8 Å². The quantitative estimate of drug-likeness (QED) is 0.745. The van der Waals surface area contributed by atoms with Crippen molar-refractivity contribution >= 4 is 23.3 Å². The highest BCUT2D eigenvalue weighted by molar-refractivity contribution is 8.00. The maximum atomic E-state index is 11.8. The zero-order valence-corrected chi connectivity index (χ0v) is 12.1. The second kappa shape index (κ2) is 5.32. The topological polar surface area (TPSA) is 92.9 Å². The van der Waals surface area contributed by atoms with Gasteiger partial charge in [-0.25, -0.2) is 4.79 Å². The molecule has 1 fully saturated rings. The molecule has 1 aromatic rings. The third-order valence-electron chi connectivity index (χ3n) is 3.84. The van der Waals surface area contributed by atoms with Crippen molar-refractivity contribution in [2.45, 2.75) is 37.5 Å². The highest BCUT2D eigenvalue weighted by Crippen LogP contribution is 2.42. The van der Waals surface area contributed by atoms with Gasteiger partial charge in [0.2, 0.25) is 0 Å². The second-order valence-corrected chi connectivity index (χ2v) is 6.13. The molecule has 4 N–H and O–H groups in total. The van der Waals surface area contributed by atoms with Crippen molar-refractivity contribution < 1.29 is 0 Å². The first-order valence-electron chi connectivity index (χ1n) is 6.44. The lowest BCUT2D eigenvalue weighted by atomic mass is 9.84. The predicted molar refractivity (Wildman–Crippen MR) is 80.0 cm³/mol. The zero-order chi connectivity index (χ0) is 14.0. The fraction of sp³-hybridized carbons (Fsp3) is 0.667. The first kappa shape index (κ1) is 14.0. The van der Waals surface area contributed by atoms with Crippen LogP contribution in [-0.2, 0) is 6.54 Å². The van der Waals surface area contributed by atoms with Crippen LogP contribution in [0.15, 0.2) is 9.59 Å². The maximum Gasteiger partial charge on any atom is 0.330 e. The summed E-state index contributed by atoms with van der Waals surface area (Å²) in [5.74, 6) is 0.215. The van der Waals surface area contributed by atoms with Crippen molar-refractivity contribution in [1.29, 1.82) is 0 Å². The minimum atomic E-state index is -0.459. The summed E-state index contributed by atoms with van der Waals surface area (Å²) in [6.45, 7) is 2.95. The molecule has 0 bridgehead atoms. The molecule has 1 aliphatic carbocycles. The Labute approximate surface area is 115 Å². The van der Waals surface area contributed by atoms with Gasteiger partial charge in [0.05, 0.1) is 0 Å². The van der Waals surface area contributed by atoms with E-state index in [1.165, 1.54) is 11.0 Å². The number of aromatic amines is 1. The molecule has 6 nitrogen and oxygen atoms in total. The van der Waals surface area contributed by atoms with Gasteiger partial charge in [0, 0.05) is 17.8 Å². The molecule has 0 unspecified atom stereocenters. The van der Waals surface area contributed by atoms with Crippen LogP contribution in [0.5, 0.6) is 0 Å². The van der Waals surface area contributed by atoms with E-state index >= 15 is 0 Å². The Morgan fingerprint density at radius 2 is 2.16 bits per heavy atom. The van der Waals surface area contributed by atoms with E-state index in [9.17, 15) is 9.59 Å². The number of nitrogens with zero attached hydrogens (tertiary/aromatic N) is 1. The van der Waals surface area contributed by atoms with Crippen LogP contribution in [0.2, 0.25) is 0 Å². The van der Waals surface area contributed by atoms with E-state index in [1.807, 2.05) is 18.7 Å². The first-order chi connectivity index (χ1) is 9.03. The summed E-state index contributed by atoms with van der Waals surface area (Å²) in [6, 6.07) is 0. The number of nitrogens with two attached hydrogens (primary N) is 1. The van der Waals surface area contributed by atoms with Gasteiger partial charge in [-0.15, -0.1) is 0 Å². The molecule has 0 amide bonds. The van der Waals surface area contributed by atoms with E-state index in [2.05, 4.69) is 16.6 Å². The number of rotatable bonds is 5. The third-order valence-corrected chi connectivity index (χ3v) is 5.26. The molecule has 0 saturated heterocycles. The van der Waals surface area contributed by atoms with Crippen LogP contribution < -0.4 is 22.3 Å². The number of hydrogen-bond acceptors (Lipinski definition) is 5. The van der Waals surface area contributed by atoms with Crippen LogP contribution >= 0.6 is 11.8 Å². The third kappa shape index (κ3) is 2.51. The standard InChI is InChI=1S/C12H20N4O2S/c1-3-16-9(13)8(10(17)15-11(16)18)14-7-12(19-2)5-4-6-12/h14H,3-7,13H2,1-2H3,(H,15,17,18). The molecule has 19 heavy (non-hydrogen) atoms. The molecule has 1 heterocycles. The molecule has 2 rings (SSSR count). The average Bonchev–Trinajstić information content (AvgIpc) is 2.32. The van der Waals surface area contributed by atoms with E-state index < -0.39 is 11.2 Å². The Balaban J connectivity index is 2.25. The fourth-order valence-electron chi connectivity index (χ4n) is 2.35. The maximum absolute atomic E-state index is 11.8. The molecule has 106 valence electrons. The molecule has 1 saturated carbocycles. The van der Waals surface area contributed by atoms with Gasteiger partial charge < -0.3 is 11.1 Å². The Hall–Kier alpha value is -1.37. The molecule has 1 aliphatic rings. The summed E-state index contributed by atoms with van der Waals surface area (Å²) in [4.78, 5) is 25.7. The summed E-state index contributed by atoms with van der Waals surface area (Å²) in [7, 11) is 0. The summed E-state index contributed by atoms with van der Waals surface area (Å²) < 4.78 is 1.56. The lowest BCUT2D eigenvalue weighted by Gasteiger charge is -2.40. The number of nitrogen functional groups attached to an aromatic ring is 1. The summed E-state index contributed by atoms with van der Waals surface area (Å²) in [5, 5.41) is 3.13. The van der Waals surface area contributed by atoms with Gasteiger partial charge in [-0.1, -0.05) is 6.42 Å². The highest BCUT2D eigenvalue weighted by Gasteiger charge is 2.36. The normalized spacial score (nSPS) is 16.9. The smallest absolute Gasteiger partial charge is 0.330 e. The van der Waals surface area contributed by atoms with Crippen molar-refractivity contribution in [2.24, 2.45) is 0 Å². The Bertz CT molecular complexity index is 569. The predicted octanol–water partition coefficient (Wildman–Crippen LogP) is 0.836. The molecule has 0 radical (unpaired) electrons. The number of H-pyrrole nitrogens is 1. The summed E-state index contributed by atoms with van der Waals surface area (Å²) >= 11 is 1.82. The van der Waals surface area contributed by atoms with Crippen LogP contribution in [-0.4, -0.2) is 27.1 Å². The largest absolute Gasteiger partial charge is 0.383 e. The molecular weight excluding hydrogens is 264 g/mol. The zero-order valence-electron chi connectivity index (χ0n) is 11.3. The molecule has 1 aromatic heterocycles. The average molecular weight is 284 g/mol. The van der Waals surface area contributed by atoms with Gasteiger partial charge in [0.1, 0.15) is 11.5 Å². The SMILES string of the molecule is CCn1c(N)c(NCC2(SC)CCC2)c(=O)[nH]c1=O. The lowest BCUT2D eigenvalue weighted by Crippen LogP contribution is -2.42. The first-order valence-corrected chi connectivity index (χ1v) is 7.67. The molecular formula is C12H20N4O2S. The van der Waals surface area contributed by atoms with Gasteiger partial charge in [0.15, 0.2) is 0 Å². The lowest BCUT2D eigenvalue weighted by molar-refractivity contribution is 0.380. The van der Waals surface area contributed by atoms with E-state index in [0.717, 1.165) is 12.8 Å². The Kier molecular flexibility index (Phi) is 3.93. The van der Waals surface area contributed by atoms with E-state index in [-0.39, 0.29) is 10.6 Å². The molecule has 0 aliphatic heterocycles. The minimum Gasteiger partial charge on any atom is -0.383 e. The van der Waals surface area contributed by atoms with Gasteiger partial charge in [-0.2, -0.15) is 11.8 Å². The summed E-state index contributed by atoms with van der Waals surface area (Å²) in [5.41, 5.74) is 5.31. The molecule has 0 spiro atoms. The van der Waals surface area contributed by atoms with E-state index in [4.69, 9.17) is 5.73 Å². The minimum absolute atomic E-state index is 0.200. The van der Waals surface area contributed by atoms with Gasteiger partial charge >= 0.3 is 5.69 Å². The van der Waals surface area contributed by atoms with Gasteiger partial charge in [-0.3, -0.25) is 14.3 Å². The van der Waals surface area contributed by atoms with Crippen molar-refractivity contribution in [3.63, 3.8) is 0 Å². The fourth-order valence-corrected chi connectivity index (χ4v) is 3.26. The second-order valence-electron chi connectivity index (χ2n) is 4.86. The summed E-state index contributed by atoms with van der Waals surface area (Å²) in [6.07, 6.45) is 5.60. The molecule has 7 heteroatoms. The van der Waals surface area contributed by atoms with Crippen molar-refractivity contribution in [1.82, 2.24) is 9.55 Å². The van der Waals surface area contributed by atoms with Crippen molar-refractivity contribution in [2.75, 3.05) is 23.9 Å². The van der Waals surface area contributed by atoms with Gasteiger partial charge in [0.25, 0.3) is 5.56 Å². The Morgan fingerprint density at radius 3 is 2.63 bits per heavy atom. The number of nitrogens with one attached hydrogen (secondary N) is 2. The van der Waals surface area contributed by atoms with Crippen LogP contribution in [0.4, 0.5) is 11.5 Å². The monoisotopic (exact) mass is 284 g/mol. The number of thioether (sulfide) groups is 1. The molecule has 0 atom stereocenters.